The number of hydrogen-bond acceptors (Lipinski definition) is 3. The number of carbonyl (C=O) groups is 1. The first-order valence-electron chi connectivity index (χ1n) is 3.84. The van der Waals surface area contributed by atoms with Gasteiger partial charge in [0, 0.05) is 5.39 Å². The molecule has 0 N–H and O–H groups in total. The fourth-order valence-electron chi connectivity index (χ4n) is 1.18. The van der Waals surface area contributed by atoms with E-state index in [4.69, 9.17) is 0 Å². The van der Waals surface area contributed by atoms with Crippen molar-refractivity contribution in [2.24, 2.45) is 0 Å². The number of carboxylic acid groups (broad SMARTS) is 1. The van der Waals surface area contributed by atoms with Gasteiger partial charge in [0.15, 0.2) is 0 Å². The van der Waals surface area contributed by atoms with Gasteiger partial charge in [-0.1, -0.05) is 24.3 Å². The van der Waals surface area contributed by atoms with Crippen molar-refractivity contribution in [1.82, 2.24) is 4.98 Å². The summed E-state index contributed by atoms with van der Waals surface area (Å²) in [5.74, 6) is -1.24. The Kier molecular flexibility index (Phi) is 3.21. The third kappa shape index (κ3) is 1.92. The topological polar surface area (TPSA) is 53.0 Å². The van der Waals surface area contributed by atoms with Crippen LogP contribution in [0.2, 0.25) is 0 Å². The number of hydrogen-bond donors (Lipinski definition) is 0. The van der Waals surface area contributed by atoms with Crippen LogP contribution in [0.5, 0.6) is 0 Å². The Labute approximate surface area is 91.0 Å². The predicted molar refractivity (Wildman–Crippen MR) is 46.1 cm³/mol. The number of carbonyl (C=O) groups excluding carboxylic acids is 1. The second kappa shape index (κ2) is 4.21. The molecule has 0 unspecified atom stereocenters. The van der Waals surface area contributed by atoms with Gasteiger partial charge in [0.1, 0.15) is 0 Å². The third-order valence-corrected chi connectivity index (χ3v) is 1.81. The molecule has 1 aromatic carbocycles. The predicted octanol–water partition coefficient (Wildman–Crippen LogP) is 0.596. The van der Waals surface area contributed by atoms with Gasteiger partial charge in [-0.05, 0) is 12.1 Å². The SMILES string of the molecule is O=C([O-])c1ccc2ccccc2n1.[Co+]. The van der Waals surface area contributed by atoms with Crippen LogP contribution in [0.15, 0.2) is 36.4 Å². The Morgan fingerprint density at radius 2 is 1.86 bits per heavy atom. The summed E-state index contributed by atoms with van der Waals surface area (Å²) in [6.07, 6.45) is 0. The molecule has 3 nitrogen and oxygen atoms in total. The fourth-order valence-corrected chi connectivity index (χ4v) is 1.18. The van der Waals surface area contributed by atoms with Crippen molar-refractivity contribution in [2.45, 2.75) is 0 Å². The molecule has 0 atom stereocenters. The number of para-hydroxylation sites is 1. The summed E-state index contributed by atoms with van der Waals surface area (Å²) in [6.45, 7) is 0. The molecule has 72 valence electrons. The maximum atomic E-state index is 10.5. The van der Waals surface area contributed by atoms with Crippen LogP contribution in [0.25, 0.3) is 10.9 Å². The van der Waals surface area contributed by atoms with Crippen LogP contribution in [0.1, 0.15) is 10.5 Å². The van der Waals surface area contributed by atoms with Gasteiger partial charge in [-0.3, -0.25) is 0 Å². The first kappa shape index (κ1) is 10.7. The van der Waals surface area contributed by atoms with E-state index in [1.807, 2.05) is 18.2 Å². The molecular weight excluding hydrogens is 225 g/mol. The summed E-state index contributed by atoms with van der Waals surface area (Å²) in [4.78, 5) is 14.4. The first-order chi connectivity index (χ1) is 6.27. The molecule has 1 aromatic heterocycles. The molecule has 14 heavy (non-hydrogen) atoms. The van der Waals surface area contributed by atoms with E-state index in [1.54, 1.807) is 12.1 Å². The van der Waals surface area contributed by atoms with E-state index in [2.05, 4.69) is 4.98 Å². The van der Waals surface area contributed by atoms with Gasteiger partial charge in [0.25, 0.3) is 0 Å². The summed E-state index contributed by atoms with van der Waals surface area (Å²) in [6, 6.07) is 10.5. The maximum absolute atomic E-state index is 10.5. The standard InChI is InChI=1S/C10H7NO2.Co/c12-10(13)9-6-5-7-3-1-2-4-8(7)11-9;/h1-6H,(H,12,13);/q;+1/p-1. The second-order valence-corrected chi connectivity index (χ2v) is 2.68. The molecule has 0 amide bonds. The molecule has 0 aliphatic heterocycles. The normalized spacial score (nSPS) is 9.43. The van der Waals surface area contributed by atoms with Gasteiger partial charge < -0.3 is 9.90 Å². The average molecular weight is 231 g/mol. The van der Waals surface area contributed by atoms with Gasteiger partial charge in [-0.2, -0.15) is 0 Å². The van der Waals surface area contributed by atoms with Crippen molar-refractivity contribution < 1.29 is 26.7 Å². The Bertz CT molecular complexity index is 470. The minimum absolute atomic E-state index is 0. The fraction of sp³-hybridized carbons (Fsp3) is 0. The number of fused-ring (bicyclic) bond motifs is 1. The summed E-state index contributed by atoms with van der Waals surface area (Å²) < 4.78 is 0. The smallest absolute Gasteiger partial charge is 0.543 e. The van der Waals surface area contributed by atoms with Crippen LogP contribution in [0, 0.1) is 0 Å². The Morgan fingerprint density at radius 3 is 2.57 bits per heavy atom. The monoisotopic (exact) mass is 231 g/mol. The van der Waals surface area contributed by atoms with Crippen LogP contribution < -0.4 is 5.11 Å². The average Bonchev–Trinajstić information content (AvgIpc) is 2.17. The summed E-state index contributed by atoms with van der Waals surface area (Å²) in [7, 11) is 0. The first-order valence-corrected chi connectivity index (χ1v) is 3.84. The van der Waals surface area contributed by atoms with E-state index < -0.39 is 5.97 Å². The van der Waals surface area contributed by atoms with Gasteiger partial charge in [0.05, 0.1) is 17.2 Å². The number of aromatic nitrogens is 1. The molecule has 4 heteroatoms. The van der Waals surface area contributed by atoms with Gasteiger partial charge in [-0.15, -0.1) is 0 Å². The van der Waals surface area contributed by atoms with E-state index in [-0.39, 0.29) is 22.5 Å². The molecule has 0 aliphatic carbocycles. The van der Waals surface area contributed by atoms with Crippen molar-refractivity contribution in [3.05, 3.63) is 42.1 Å². The molecule has 0 saturated heterocycles. The Balaban J connectivity index is 0.000000980. The second-order valence-electron chi connectivity index (χ2n) is 2.68. The van der Waals surface area contributed by atoms with Crippen LogP contribution in [-0.2, 0) is 16.8 Å². The third-order valence-electron chi connectivity index (χ3n) is 1.81. The molecular formula is C10H6CoNO2. The van der Waals surface area contributed by atoms with Crippen LogP contribution in [0.3, 0.4) is 0 Å². The molecule has 0 spiro atoms. The number of carboxylic acids is 1. The molecule has 0 bridgehead atoms. The molecule has 1 heterocycles. The van der Waals surface area contributed by atoms with E-state index >= 15 is 0 Å². The maximum Gasteiger partial charge on any atom is 1.00 e. The number of pyridine rings is 1. The van der Waals surface area contributed by atoms with Crippen molar-refractivity contribution in [2.75, 3.05) is 0 Å². The number of nitrogens with zero attached hydrogens (tertiary/aromatic N) is 1. The van der Waals surface area contributed by atoms with Crippen LogP contribution in [-0.4, -0.2) is 11.0 Å². The number of rotatable bonds is 1. The van der Waals surface area contributed by atoms with Crippen molar-refractivity contribution in [3.8, 4) is 0 Å². The van der Waals surface area contributed by atoms with E-state index in [9.17, 15) is 9.90 Å². The van der Waals surface area contributed by atoms with E-state index in [0.717, 1.165) is 5.39 Å². The quantitative estimate of drug-likeness (QED) is 0.721. The van der Waals surface area contributed by atoms with Crippen molar-refractivity contribution >= 4 is 16.9 Å². The van der Waals surface area contributed by atoms with E-state index in [0.29, 0.717) is 5.52 Å². The summed E-state index contributed by atoms with van der Waals surface area (Å²) in [5, 5.41) is 11.4. The minimum atomic E-state index is -1.24. The summed E-state index contributed by atoms with van der Waals surface area (Å²) >= 11 is 0. The van der Waals surface area contributed by atoms with Gasteiger partial charge in [0.2, 0.25) is 0 Å². The van der Waals surface area contributed by atoms with Gasteiger partial charge >= 0.3 is 16.8 Å². The van der Waals surface area contributed by atoms with Crippen molar-refractivity contribution in [3.63, 3.8) is 0 Å². The molecule has 0 aliphatic rings. The molecule has 2 aromatic rings. The zero-order chi connectivity index (χ0) is 9.26. The van der Waals surface area contributed by atoms with E-state index in [1.165, 1.54) is 6.07 Å². The molecule has 0 saturated carbocycles. The Morgan fingerprint density at radius 1 is 1.14 bits per heavy atom. The molecule has 0 fully saturated rings. The van der Waals surface area contributed by atoms with Crippen molar-refractivity contribution in [1.29, 1.82) is 0 Å². The number of aromatic carboxylic acids is 1. The zero-order valence-corrected chi connectivity index (χ0v) is 8.10. The zero-order valence-electron chi connectivity index (χ0n) is 7.06. The molecule has 2 rings (SSSR count). The van der Waals surface area contributed by atoms with Gasteiger partial charge in [-0.25, -0.2) is 4.98 Å². The molecule has 0 radical (unpaired) electrons. The summed E-state index contributed by atoms with van der Waals surface area (Å²) in [5.41, 5.74) is 0.642. The van der Waals surface area contributed by atoms with Crippen LogP contribution in [0.4, 0.5) is 0 Å². The van der Waals surface area contributed by atoms with Crippen LogP contribution >= 0.6 is 0 Å². The Hall–Kier alpha value is -1.39. The minimum Gasteiger partial charge on any atom is -0.543 e. The largest absolute Gasteiger partial charge is 1.00 e. The number of benzene rings is 1.